The molecule has 5 rings (SSSR count). The molecule has 3 aromatic carbocycles. The number of aliphatic carboxylic acids is 1. The van der Waals surface area contributed by atoms with Crippen molar-refractivity contribution < 1.29 is 14.6 Å². The fraction of sp³-hybridized carbons (Fsp3) is 0.107. The molecule has 0 radical (unpaired) electrons. The Hall–Kier alpha value is -3.72. The number of benzene rings is 3. The zero-order chi connectivity index (χ0) is 26.8. The standard InChI is InChI=1S/C28H22Cl2N4O3S/c1-16-21(20-5-3-4-6-23(20)34(16)15-17-7-9-18(29)10-8-17)14-25(27(35)36)38-28-31-26(32-33-28)22-13-19(30)11-12-24(22)37-2/h3-14H,15H2,1-2H3,(H,35,36)(H,31,32,33)/b25-14-. The third kappa shape index (κ3) is 5.29. The molecule has 2 heterocycles. The minimum atomic E-state index is -1.07. The predicted octanol–water partition coefficient (Wildman–Crippen LogP) is 7.32. The number of hydrogen-bond donors (Lipinski definition) is 2. The summed E-state index contributed by atoms with van der Waals surface area (Å²) < 4.78 is 7.57. The van der Waals surface area contributed by atoms with Gasteiger partial charge in [-0.15, -0.1) is 5.10 Å². The molecule has 0 spiro atoms. The molecule has 0 fully saturated rings. The van der Waals surface area contributed by atoms with Crippen molar-refractivity contribution in [2.75, 3.05) is 7.11 Å². The Bertz CT molecular complexity index is 1680. The van der Waals surface area contributed by atoms with Crippen molar-refractivity contribution in [2.45, 2.75) is 18.6 Å². The third-order valence-electron chi connectivity index (χ3n) is 6.10. The van der Waals surface area contributed by atoms with Gasteiger partial charge in [-0.25, -0.2) is 9.78 Å². The van der Waals surface area contributed by atoms with Gasteiger partial charge in [0.05, 0.1) is 12.7 Å². The SMILES string of the molecule is COc1ccc(Cl)cc1-c1nc(S/C(=C\c2c(C)n(Cc3ccc(Cl)cc3)c3ccccc23)C(=O)O)n[nH]1. The molecule has 0 atom stereocenters. The summed E-state index contributed by atoms with van der Waals surface area (Å²) in [4.78, 5) is 16.9. The number of carboxylic acids is 1. The summed E-state index contributed by atoms with van der Waals surface area (Å²) in [5.74, 6) is -0.0804. The minimum absolute atomic E-state index is 0.0890. The van der Waals surface area contributed by atoms with Crippen molar-refractivity contribution in [2.24, 2.45) is 0 Å². The highest BCUT2D eigenvalue weighted by Crippen LogP contribution is 2.35. The van der Waals surface area contributed by atoms with Gasteiger partial charge in [0.1, 0.15) is 10.7 Å². The van der Waals surface area contributed by atoms with Crippen molar-refractivity contribution in [3.8, 4) is 17.1 Å². The van der Waals surface area contributed by atoms with E-state index in [1.165, 1.54) is 0 Å². The number of aromatic amines is 1. The summed E-state index contributed by atoms with van der Waals surface area (Å²) >= 11 is 13.2. The lowest BCUT2D eigenvalue weighted by atomic mass is 10.1. The lowest BCUT2D eigenvalue weighted by molar-refractivity contribution is -0.131. The molecule has 0 saturated heterocycles. The zero-order valence-corrected chi connectivity index (χ0v) is 22.7. The van der Waals surface area contributed by atoms with Gasteiger partial charge in [-0.2, -0.15) is 0 Å². The number of carbonyl (C=O) groups is 1. The number of H-pyrrole nitrogens is 1. The lowest BCUT2D eigenvalue weighted by Crippen LogP contribution is -2.02. The molecule has 0 aliphatic heterocycles. The normalized spacial score (nSPS) is 11.7. The first-order valence-corrected chi connectivity index (χ1v) is 13.1. The summed E-state index contributed by atoms with van der Waals surface area (Å²) in [5, 5.41) is 19.5. The first-order valence-electron chi connectivity index (χ1n) is 11.6. The van der Waals surface area contributed by atoms with Gasteiger partial charge in [0.15, 0.2) is 5.82 Å². The molecule has 7 nitrogen and oxygen atoms in total. The van der Waals surface area contributed by atoms with Crippen LogP contribution in [0.1, 0.15) is 16.8 Å². The van der Waals surface area contributed by atoms with E-state index in [9.17, 15) is 9.90 Å². The van der Waals surface area contributed by atoms with Crippen LogP contribution in [-0.2, 0) is 11.3 Å². The predicted molar refractivity (Wildman–Crippen MR) is 152 cm³/mol. The summed E-state index contributed by atoms with van der Waals surface area (Å²) in [6.45, 7) is 2.61. The van der Waals surface area contributed by atoms with E-state index in [1.54, 1.807) is 31.4 Å². The highest BCUT2D eigenvalue weighted by atomic mass is 35.5. The van der Waals surface area contributed by atoms with Gasteiger partial charge in [-0.3, -0.25) is 5.10 Å². The van der Waals surface area contributed by atoms with Gasteiger partial charge in [-0.05, 0) is 66.7 Å². The fourth-order valence-electron chi connectivity index (χ4n) is 4.26. The Labute approximate surface area is 233 Å². The van der Waals surface area contributed by atoms with E-state index in [1.807, 2.05) is 55.5 Å². The second-order valence-electron chi connectivity index (χ2n) is 8.46. The van der Waals surface area contributed by atoms with Crippen molar-refractivity contribution in [1.29, 1.82) is 0 Å². The van der Waals surface area contributed by atoms with Crippen LogP contribution in [-0.4, -0.2) is 37.9 Å². The molecule has 2 aromatic heterocycles. The molecular weight excluding hydrogens is 543 g/mol. The van der Waals surface area contributed by atoms with Gasteiger partial charge in [0, 0.05) is 38.8 Å². The van der Waals surface area contributed by atoms with E-state index in [2.05, 4.69) is 19.7 Å². The number of methoxy groups -OCH3 is 1. The molecule has 0 aliphatic carbocycles. The molecule has 10 heteroatoms. The molecule has 0 amide bonds. The number of ether oxygens (including phenoxy) is 1. The monoisotopic (exact) mass is 564 g/mol. The van der Waals surface area contributed by atoms with Crippen LogP contribution < -0.4 is 4.74 Å². The average Bonchev–Trinajstić information content (AvgIpc) is 3.48. The molecule has 2 N–H and O–H groups in total. The van der Waals surface area contributed by atoms with Gasteiger partial charge in [0.2, 0.25) is 5.16 Å². The summed E-state index contributed by atoms with van der Waals surface area (Å²) in [5.41, 5.74) is 4.49. The van der Waals surface area contributed by atoms with Crippen LogP contribution in [0.4, 0.5) is 0 Å². The molecule has 5 aromatic rings. The van der Waals surface area contributed by atoms with Crippen molar-refractivity contribution >= 4 is 57.9 Å². The first kappa shape index (κ1) is 25.9. The summed E-state index contributed by atoms with van der Waals surface area (Å²) in [7, 11) is 1.55. The summed E-state index contributed by atoms with van der Waals surface area (Å²) in [6.07, 6.45) is 1.68. The largest absolute Gasteiger partial charge is 0.496 e. The number of nitrogens with one attached hydrogen (secondary N) is 1. The highest BCUT2D eigenvalue weighted by Gasteiger charge is 2.19. The van der Waals surface area contributed by atoms with E-state index >= 15 is 0 Å². The highest BCUT2D eigenvalue weighted by molar-refractivity contribution is 8.04. The topological polar surface area (TPSA) is 93.0 Å². The van der Waals surface area contributed by atoms with E-state index in [4.69, 9.17) is 27.9 Å². The zero-order valence-electron chi connectivity index (χ0n) is 20.4. The minimum Gasteiger partial charge on any atom is -0.496 e. The van der Waals surface area contributed by atoms with Crippen molar-refractivity contribution in [3.63, 3.8) is 0 Å². The van der Waals surface area contributed by atoms with E-state index in [-0.39, 0.29) is 10.1 Å². The second kappa shape index (κ2) is 10.9. The Morgan fingerprint density at radius 3 is 2.58 bits per heavy atom. The Morgan fingerprint density at radius 1 is 1.11 bits per heavy atom. The van der Waals surface area contributed by atoms with E-state index in [0.29, 0.717) is 33.7 Å². The molecule has 0 saturated carbocycles. The first-order chi connectivity index (χ1) is 18.3. The van der Waals surface area contributed by atoms with Crippen molar-refractivity contribution in [3.05, 3.63) is 98.5 Å². The maximum absolute atomic E-state index is 12.3. The Morgan fingerprint density at radius 2 is 1.84 bits per heavy atom. The van der Waals surface area contributed by atoms with Gasteiger partial charge in [-0.1, -0.05) is 53.5 Å². The number of nitrogens with zero attached hydrogens (tertiary/aromatic N) is 3. The van der Waals surface area contributed by atoms with Crippen LogP contribution in [0.5, 0.6) is 5.75 Å². The Kier molecular flexibility index (Phi) is 7.46. The molecule has 0 bridgehead atoms. The number of hydrogen-bond acceptors (Lipinski definition) is 5. The van der Waals surface area contributed by atoms with Crippen LogP contribution in [0.15, 0.2) is 76.8 Å². The number of thioether (sulfide) groups is 1. The Balaban J connectivity index is 1.51. The van der Waals surface area contributed by atoms with Crippen molar-refractivity contribution in [1.82, 2.24) is 19.7 Å². The fourth-order valence-corrected chi connectivity index (χ4v) is 5.25. The maximum Gasteiger partial charge on any atom is 0.342 e. The molecule has 192 valence electrons. The van der Waals surface area contributed by atoms with Crippen LogP contribution in [0.3, 0.4) is 0 Å². The van der Waals surface area contributed by atoms with Gasteiger partial charge >= 0.3 is 5.97 Å². The number of halogens is 2. The third-order valence-corrected chi connectivity index (χ3v) is 7.47. The van der Waals surface area contributed by atoms with Gasteiger partial charge < -0.3 is 14.4 Å². The number of carboxylic acid groups (broad SMARTS) is 1. The lowest BCUT2D eigenvalue weighted by Gasteiger charge is -2.09. The number of para-hydroxylation sites is 1. The molecule has 0 unspecified atom stereocenters. The van der Waals surface area contributed by atoms with Crippen LogP contribution in [0, 0.1) is 6.92 Å². The smallest absolute Gasteiger partial charge is 0.342 e. The average molecular weight is 565 g/mol. The number of fused-ring (bicyclic) bond motifs is 1. The molecular formula is C28H22Cl2N4O3S. The summed E-state index contributed by atoms with van der Waals surface area (Å²) in [6, 6.07) is 20.8. The quantitative estimate of drug-likeness (QED) is 0.151. The molecule has 38 heavy (non-hydrogen) atoms. The van der Waals surface area contributed by atoms with Crippen LogP contribution >= 0.6 is 35.0 Å². The number of rotatable bonds is 8. The van der Waals surface area contributed by atoms with Gasteiger partial charge in [0.25, 0.3) is 0 Å². The number of aromatic nitrogens is 4. The maximum atomic E-state index is 12.3. The van der Waals surface area contributed by atoms with E-state index in [0.717, 1.165) is 39.5 Å². The van der Waals surface area contributed by atoms with Crippen LogP contribution in [0.25, 0.3) is 28.4 Å². The molecule has 0 aliphatic rings. The van der Waals surface area contributed by atoms with E-state index < -0.39 is 5.97 Å². The van der Waals surface area contributed by atoms with Crippen LogP contribution in [0.2, 0.25) is 10.0 Å². The second-order valence-corrected chi connectivity index (χ2v) is 10.3.